The van der Waals surface area contributed by atoms with E-state index < -0.39 is 8.07 Å². The molecule has 0 aliphatic heterocycles. The second kappa shape index (κ2) is 4.09. The van der Waals surface area contributed by atoms with Crippen molar-refractivity contribution in [3.63, 3.8) is 0 Å². The smallest absolute Gasteiger partial charge is 0.247 e. The minimum atomic E-state index is -1.79. The van der Waals surface area contributed by atoms with E-state index in [1.807, 2.05) is 18.2 Å². The van der Waals surface area contributed by atoms with E-state index in [9.17, 15) is 4.79 Å². The van der Waals surface area contributed by atoms with E-state index in [0.717, 1.165) is 16.1 Å². The molecule has 0 saturated heterocycles. The van der Waals surface area contributed by atoms with Crippen LogP contribution in [0.3, 0.4) is 0 Å². The predicted molar refractivity (Wildman–Crippen MR) is 81.4 cm³/mol. The van der Waals surface area contributed by atoms with Gasteiger partial charge in [-0.1, -0.05) is 52.1 Å². The highest BCUT2D eigenvalue weighted by Crippen LogP contribution is 2.35. The van der Waals surface area contributed by atoms with Gasteiger partial charge < -0.3 is 4.98 Å². The summed E-state index contributed by atoms with van der Waals surface area (Å²) >= 11 is 0. The summed E-state index contributed by atoms with van der Waals surface area (Å²) in [5.41, 5.74) is 1.00. The quantitative estimate of drug-likeness (QED) is 0.784. The molecule has 0 spiro atoms. The number of aromatic amines is 1. The average molecular weight is 259 g/mol. The molecule has 1 aromatic carbocycles. The third-order valence-corrected chi connectivity index (χ3v) is 9.77. The van der Waals surface area contributed by atoms with Crippen LogP contribution < -0.4 is 10.7 Å². The fourth-order valence-corrected chi connectivity index (χ4v) is 3.97. The van der Waals surface area contributed by atoms with Crippen molar-refractivity contribution >= 4 is 24.2 Å². The van der Waals surface area contributed by atoms with E-state index in [-0.39, 0.29) is 10.6 Å². The largest absolute Gasteiger partial charge is 0.322 e. The summed E-state index contributed by atoms with van der Waals surface area (Å²) in [6.45, 7) is 11.2. The zero-order chi connectivity index (χ0) is 13.6. The Morgan fingerprint density at radius 3 is 2.33 bits per heavy atom. The van der Waals surface area contributed by atoms with E-state index in [1.54, 1.807) is 0 Å². The van der Waals surface area contributed by atoms with Crippen LogP contribution in [0.2, 0.25) is 18.1 Å². The number of nitrogens with one attached hydrogen (secondary N) is 1. The van der Waals surface area contributed by atoms with Gasteiger partial charge in [-0.2, -0.15) is 0 Å². The molecule has 96 valence electrons. The molecule has 18 heavy (non-hydrogen) atoms. The predicted octanol–water partition coefficient (Wildman–Crippen LogP) is 3.24. The minimum absolute atomic E-state index is 0.0836. The van der Waals surface area contributed by atoms with Gasteiger partial charge in [-0.15, -0.1) is 0 Å². The molecule has 1 N–H and O–H groups in total. The lowest BCUT2D eigenvalue weighted by molar-refractivity contribution is 0.729. The molecule has 2 aromatic rings. The summed E-state index contributed by atoms with van der Waals surface area (Å²) < 4.78 is 0. The average Bonchev–Trinajstić information content (AvgIpc) is 2.26. The molecular weight excluding hydrogens is 238 g/mol. The first kappa shape index (κ1) is 13.1. The number of H-pyrrole nitrogens is 1. The Labute approximate surface area is 109 Å². The first-order valence-corrected chi connectivity index (χ1v) is 9.36. The number of pyridine rings is 1. The second-order valence-corrected chi connectivity index (χ2v) is 11.8. The topological polar surface area (TPSA) is 32.9 Å². The molecule has 2 nitrogen and oxygen atoms in total. The lowest BCUT2D eigenvalue weighted by Gasteiger charge is -2.36. The van der Waals surface area contributed by atoms with E-state index in [2.05, 4.69) is 51.0 Å². The van der Waals surface area contributed by atoms with Crippen molar-refractivity contribution in [3.05, 3.63) is 40.7 Å². The summed E-state index contributed by atoms with van der Waals surface area (Å²) in [6, 6.07) is 10.1. The number of benzene rings is 1. The number of hydrogen-bond donors (Lipinski definition) is 1. The number of para-hydroxylation sites is 1. The van der Waals surface area contributed by atoms with Crippen LogP contribution in [0.1, 0.15) is 20.8 Å². The van der Waals surface area contributed by atoms with Crippen LogP contribution in [0.4, 0.5) is 0 Å². The Morgan fingerprint density at radius 2 is 1.72 bits per heavy atom. The van der Waals surface area contributed by atoms with Crippen molar-refractivity contribution in [1.82, 2.24) is 4.98 Å². The molecule has 1 heterocycles. The summed E-state index contributed by atoms with van der Waals surface area (Å²) in [7, 11) is -1.79. The third-order valence-electron chi connectivity index (χ3n) is 4.30. The summed E-state index contributed by atoms with van der Waals surface area (Å²) in [6.07, 6.45) is 0. The molecule has 0 atom stereocenters. The van der Waals surface area contributed by atoms with Gasteiger partial charge in [0.2, 0.25) is 5.56 Å². The lowest BCUT2D eigenvalue weighted by atomic mass is 10.2. The van der Waals surface area contributed by atoms with Gasteiger partial charge in [-0.25, -0.2) is 0 Å². The van der Waals surface area contributed by atoms with Gasteiger partial charge in [0.15, 0.2) is 0 Å². The second-order valence-electron chi connectivity index (χ2n) is 6.47. The molecule has 0 unspecified atom stereocenters. The van der Waals surface area contributed by atoms with Crippen molar-refractivity contribution in [3.8, 4) is 0 Å². The van der Waals surface area contributed by atoms with Crippen LogP contribution in [-0.4, -0.2) is 13.1 Å². The molecule has 0 aliphatic carbocycles. The van der Waals surface area contributed by atoms with Gasteiger partial charge in [0.1, 0.15) is 0 Å². The first-order valence-electron chi connectivity index (χ1n) is 6.36. The monoisotopic (exact) mass is 259 g/mol. The Kier molecular flexibility index (Phi) is 2.97. The molecule has 0 amide bonds. The van der Waals surface area contributed by atoms with Crippen LogP contribution >= 0.6 is 0 Å². The standard InChI is InChI=1S/C15H21NOSi/c1-15(2,3)18(4,5)13-10-11-8-6-7-9-12(11)16-14(13)17/h6-10H,1-5H3,(H,16,17). The van der Waals surface area contributed by atoms with Crippen molar-refractivity contribution in [2.45, 2.75) is 38.9 Å². The van der Waals surface area contributed by atoms with Crippen molar-refractivity contribution in [2.24, 2.45) is 0 Å². The van der Waals surface area contributed by atoms with Crippen molar-refractivity contribution in [1.29, 1.82) is 0 Å². The molecule has 0 bridgehead atoms. The zero-order valence-electron chi connectivity index (χ0n) is 11.8. The van der Waals surface area contributed by atoms with Gasteiger partial charge in [0.25, 0.3) is 0 Å². The summed E-state index contributed by atoms with van der Waals surface area (Å²) in [4.78, 5) is 15.3. The molecule has 0 saturated carbocycles. The van der Waals surface area contributed by atoms with Crippen LogP contribution in [0.15, 0.2) is 35.1 Å². The summed E-state index contributed by atoms with van der Waals surface area (Å²) in [5, 5.41) is 2.29. The molecule has 0 fully saturated rings. The molecule has 0 aliphatic rings. The SMILES string of the molecule is CC(C)(C)[Si](C)(C)c1cc2ccccc2[nH]c1=O. The Morgan fingerprint density at radius 1 is 1.11 bits per heavy atom. The van der Waals surface area contributed by atoms with E-state index in [1.165, 1.54) is 0 Å². The van der Waals surface area contributed by atoms with Crippen LogP contribution in [0.5, 0.6) is 0 Å². The molecule has 0 radical (unpaired) electrons. The Hall–Kier alpha value is -1.35. The fraction of sp³-hybridized carbons (Fsp3) is 0.400. The van der Waals surface area contributed by atoms with Crippen LogP contribution in [-0.2, 0) is 0 Å². The lowest BCUT2D eigenvalue weighted by Crippen LogP contribution is -2.56. The number of fused-ring (bicyclic) bond motifs is 1. The highest BCUT2D eigenvalue weighted by Gasteiger charge is 2.38. The minimum Gasteiger partial charge on any atom is -0.322 e. The van der Waals surface area contributed by atoms with Gasteiger partial charge >= 0.3 is 0 Å². The van der Waals surface area contributed by atoms with E-state index in [0.29, 0.717) is 0 Å². The highest BCUT2D eigenvalue weighted by atomic mass is 28.3. The molecule has 2 rings (SSSR count). The van der Waals surface area contributed by atoms with Gasteiger partial charge in [0.05, 0.1) is 8.07 Å². The van der Waals surface area contributed by atoms with Gasteiger partial charge in [0, 0.05) is 10.7 Å². The Balaban J connectivity index is 2.73. The molecule has 1 aromatic heterocycles. The Bertz CT molecular complexity index is 635. The molecular formula is C15H21NOSi. The maximum Gasteiger partial charge on any atom is 0.247 e. The third kappa shape index (κ3) is 2.03. The van der Waals surface area contributed by atoms with Crippen LogP contribution in [0, 0.1) is 0 Å². The van der Waals surface area contributed by atoms with Gasteiger partial charge in [-0.05, 0) is 22.6 Å². The fourth-order valence-electron chi connectivity index (χ4n) is 2.02. The zero-order valence-corrected chi connectivity index (χ0v) is 12.8. The van der Waals surface area contributed by atoms with Crippen molar-refractivity contribution in [2.75, 3.05) is 0 Å². The number of rotatable bonds is 1. The van der Waals surface area contributed by atoms with Crippen molar-refractivity contribution < 1.29 is 0 Å². The van der Waals surface area contributed by atoms with E-state index >= 15 is 0 Å². The summed E-state index contributed by atoms with van der Waals surface area (Å²) in [5.74, 6) is 0. The maximum atomic E-state index is 12.3. The van der Waals surface area contributed by atoms with E-state index in [4.69, 9.17) is 0 Å². The number of hydrogen-bond acceptors (Lipinski definition) is 1. The van der Waals surface area contributed by atoms with Crippen LogP contribution in [0.25, 0.3) is 10.9 Å². The maximum absolute atomic E-state index is 12.3. The molecule has 3 heteroatoms. The van der Waals surface area contributed by atoms with Gasteiger partial charge in [-0.3, -0.25) is 4.79 Å². The normalized spacial score (nSPS) is 12.9. The highest BCUT2D eigenvalue weighted by molar-refractivity contribution is 6.92. The first-order chi connectivity index (χ1) is 8.23. The number of aromatic nitrogens is 1.